The molecule has 0 spiro atoms. The molecule has 0 heterocycles. The van der Waals surface area contributed by atoms with Crippen molar-refractivity contribution in [2.75, 3.05) is 0 Å². The van der Waals surface area contributed by atoms with Crippen LogP contribution in [-0.2, 0) is 9.53 Å². The van der Waals surface area contributed by atoms with Gasteiger partial charge in [0.05, 0.1) is 5.92 Å². The van der Waals surface area contributed by atoms with Gasteiger partial charge in [0.15, 0.2) is 0 Å². The van der Waals surface area contributed by atoms with E-state index >= 15 is 0 Å². The van der Waals surface area contributed by atoms with Gasteiger partial charge in [0.1, 0.15) is 5.60 Å². The second-order valence-electron chi connectivity index (χ2n) is 4.78. The van der Waals surface area contributed by atoms with Crippen molar-refractivity contribution in [3.8, 4) is 0 Å². The third kappa shape index (κ3) is 3.53. The van der Waals surface area contributed by atoms with Crippen LogP contribution in [0.25, 0.3) is 0 Å². The monoisotopic (exact) mass is 240 g/mol. The van der Waals surface area contributed by atoms with Crippen molar-refractivity contribution >= 4 is 17.6 Å². The molecule has 0 N–H and O–H groups in total. The van der Waals surface area contributed by atoms with Gasteiger partial charge in [-0.15, -0.1) is 0 Å². The van der Waals surface area contributed by atoms with Crippen molar-refractivity contribution in [3.63, 3.8) is 0 Å². The summed E-state index contributed by atoms with van der Waals surface area (Å²) in [5.41, 5.74) is 0.338. The van der Waals surface area contributed by atoms with Crippen LogP contribution in [0.1, 0.15) is 39.2 Å². The molecule has 1 aromatic carbocycles. The molecule has 0 radical (unpaired) electrons. The Balaban J connectivity index is 2.83. The highest BCUT2D eigenvalue weighted by Gasteiger charge is 2.24. The molecule has 0 aromatic heterocycles. The van der Waals surface area contributed by atoms with Crippen LogP contribution in [0.2, 0.25) is 5.02 Å². The number of benzene rings is 1. The Bertz CT molecular complexity index is 380. The standard InChI is InChI=1S/C13H17ClO2/c1-9(12(15)16-13(2,3)4)10-7-5-6-8-11(10)14/h5-9H,1-4H3. The molecule has 0 amide bonds. The van der Waals surface area contributed by atoms with E-state index in [1.807, 2.05) is 39.0 Å². The van der Waals surface area contributed by atoms with Crippen LogP contribution in [-0.4, -0.2) is 11.6 Å². The lowest BCUT2D eigenvalue weighted by molar-refractivity contribution is -0.156. The van der Waals surface area contributed by atoms with Gasteiger partial charge in [0.25, 0.3) is 0 Å². The first-order valence-electron chi connectivity index (χ1n) is 5.28. The Hall–Kier alpha value is -1.02. The minimum Gasteiger partial charge on any atom is -0.460 e. The molecule has 1 unspecified atom stereocenters. The minimum atomic E-state index is -0.466. The average Bonchev–Trinajstić information content (AvgIpc) is 2.15. The maximum atomic E-state index is 11.8. The first-order valence-corrected chi connectivity index (χ1v) is 5.66. The molecule has 2 nitrogen and oxygen atoms in total. The fourth-order valence-electron chi connectivity index (χ4n) is 1.34. The number of carbonyl (C=O) groups is 1. The molecule has 0 fully saturated rings. The number of ether oxygens (including phenoxy) is 1. The van der Waals surface area contributed by atoms with Crippen molar-refractivity contribution in [2.45, 2.75) is 39.2 Å². The number of rotatable bonds is 2. The quantitative estimate of drug-likeness (QED) is 0.736. The van der Waals surface area contributed by atoms with Crippen molar-refractivity contribution in [2.24, 2.45) is 0 Å². The molecule has 0 aliphatic carbocycles. The average molecular weight is 241 g/mol. The summed E-state index contributed by atoms with van der Waals surface area (Å²) >= 11 is 6.03. The summed E-state index contributed by atoms with van der Waals surface area (Å²) in [5.74, 6) is -0.589. The molecule has 1 rings (SSSR count). The van der Waals surface area contributed by atoms with Gasteiger partial charge in [0.2, 0.25) is 0 Å². The predicted molar refractivity (Wildman–Crippen MR) is 65.7 cm³/mol. The summed E-state index contributed by atoms with van der Waals surface area (Å²) in [6, 6.07) is 7.32. The van der Waals surface area contributed by atoms with Gasteiger partial charge in [-0.25, -0.2) is 0 Å². The summed E-state index contributed by atoms with van der Waals surface area (Å²) in [6.07, 6.45) is 0. The van der Waals surface area contributed by atoms with Gasteiger partial charge in [0, 0.05) is 5.02 Å². The van der Waals surface area contributed by atoms with E-state index in [1.54, 1.807) is 13.0 Å². The van der Waals surface area contributed by atoms with E-state index in [2.05, 4.69) is 0 Å². The van der Waals surface area contributed by atoms with Crippen LogP contribution in [0, 0.1) is 0 Å². The summed E-state index contributed by atoms with van der Waals surface area (Å²) in [5, 5.41) is 0.598. The SMILES string of the molecule is CC(C(=O)OC(C)(C)C)c1ccccc1Cl. The molecule has 0 saturated heterocycles. The van der Waals surface area contributed by atoms with Crippen LogP contribution in [0.5, 0.6) is 0 Å². The summed E-state index contributed by atoms with van der Waals surface area (Å²) < 4.78 is 5.31. The smallest absolute Gasteiger partial charge is 0.313 e. The third-order valence-corrected chi connectivity index (χ3v) is 2.48. The molecule has 0 aliphatic rings. The minimum absolute atomic E-state index is 0.249. The second-order valence-corrected chi connectivity index (χ2v) is 5.18. The molecule has 0 saturated carbocycles. The first-order chi connectivity index (χ1) is 7.31. The molecule has 1 atom stereocenters. The zero-order valence-electron chi connectivity index (χ0n) is 10.1. The van der Waals surface area contributed by atoms with Gasteiger partial charge in [-0.05, 0) is 39.3 Å². The van der Waals surface area contributed by atoms with Crippen LogP contribution < -0.4 is 0 Å². The van der Waals surface area contributed by atoms with Crippen molar-refractivity contribution in [1.29, 1.82) is 0 Å². The summed E-state index contributed by atoms with van der Waals surface area (Å²) in [7, 11) is 0. The highest BCUT2D eigenvalue weighted by Crippen LogP contribution is 2.26. The number of halogens is 1. The Morgan fingerprint density at radius 3 is 2.38 bits per heavy atom. The second kappa shape index (κ2) is 4.88. The van der Waals surface area contributed by atoms with Crippen LogP contribution in [0.4, 0.5) is 0 Å². The van der Waals surface area contributed by atoms with E-state index in [0.717, 1.165) is 5.56 Å². The zero-order valence-corrected chi connectivity index (χ0v) is 10.8. The Kier molecular flexibility index (Phi) is 3.98. The molecule has 0 bridgehead atoms. The lowest BCUT2D eigenvalue weighted by Crippen LogP contribution is -2.26. The highest BCUT2D eigenvalue weighted by atomic mass is 35.5. The normalized spacial score (nSPS) is 13.3. The summed E-state index contributed by atoms with van der Waals surface area (Å²) in [6.45, 7) is 7.36. The van der Waals surface area contributed by atoms with Crippen LogP contribution in [0.3, 0.4) is 0 Å². The molecule has 88 valence electrons. The van der Waals surface area contributed by atoms with Gasteiger partial charge < -0.3 is 4.74 Å². The van der Waals surface area contributed by atoms with Crippen molar-refractivity contribution in [3.05, 3.63) is 34.9 Å². The van der Waals surface area contributed by atoms with E-state index < -0.39 is 5.60 Å². The van der Waals surface area contributed by atoms with Crippen molar-refractivity contribution in [1.82, 2.24) is 0 Å². The maximum absolute atomic E-state index is 11.8. The van der Waals surface area contributed by atoms with E-state index in [4.69, 9.17) is 16.3 Å². The molecular weight excluding hydrogens is 224 g/mol. The van der Waals surface area contributed by atoms with Crippen LogP contribution in [0.15, 0.2) is 24.3 Å². The fraction of sp³-hybridized carbons (Fsp3) is 0.462. The lowest BCUT2D eigenvalue weighted by atomic mass is 10.0. The number of hydrogen-bond donors (Lipinski definition) is 0. The Morgan fingerprint density at radius 2 is 1.88 bits per heavy atom. The molecule has 0 aliphatic heterocycles. The number of carbonyl (C=O) groups excluding carboxylic acids is 1. The fourth-order valence-corrected chi connectivity index (χ4v) is 1.64. The van der Waals surface area contributed by atoms with Gasteiger partial charge >= 0.3 is 5.97 Å². The number of hydrogen-bond acceptors (Lipinski definition) is 2. The predicted octanol–water partition coefficient (Wildman–Crippen LogP) is 3.79. The van der Waals surface area contributed by atoms with E-state index in [0.29, 0.717) is 5.02 Å². The van der Waals surface area contributed by atoms with Gasteiger partial charge in [-0.3, -0.25) is 4.79 Å². The highest BCUT2D eigenvalue weighted by molar-refractivity contribution is 6.31. The first kappa shape index (κ1) is 13.0. The van der Waals surface area contributed by atoms with E-state index in [-0.39, 0.29) is 11.9 Å². The van der Waals surface area contributed by atoms with E-state index in [1.165, 1.54) is 0 Å². The maximum Gasteiger partial charge on any atom is 0.313 e. The molecule has 16 heavy (non-hydrogen) atoms. The van der Waals surface area contributed by atoms with Gasteiger partial charge in [-0.1, -0.05) is 29.8 Å². The lowest BCUT2D eigenvalue weighted by Gasteiger charge is -2.22. The topological polar surface area (TPSA) is 26.3 Å². The van der Waals surface area contributed by atoms with Crippen LogP contribution >= 0.6 is 11.6 Å². The molecule has 3 heteroatoms. The largest absolute Gasteiger partial charge is 0.460 e. The van der Waals surface area contributed by atoms with E-state index in [9.17, 15) is 4.79 Å². The molecular formula is C13H17ClO2. The third-order valence-electron chi connectivity index (χ3n) is 2.13. The Morgan fingerprint density at radius 1 is 1.31 bits per heavy atom. The Labute approximate surface area is 102 Å². The number of esters is 1. The van der Waals surface area contributed by atoms with Crippen molar-refractivity contribution < 1.29 is 9.53 Å². The van der Waals surface area contributed by atoms with Gasteiger partial charge in [-0.2, -0.15) is 0 Å². The molecule has 1 aromatic rings. The zero-order chi connectivity index (χ0) is 12.3. The summed E-state index contributed by atoms with van der Waals surface area (Å²) in [4.78, 5) is 11.8.